The molecule has 0 aromatic heterocycles. The van der Waals surface area contributed by atoms with E-state index in [0.717, 1.165) is 24.9 Å². The molecule has 2 aromatic rings. The summed E-state index contributed by atoms with van der Waals surface area (Å²) in [5.41, 5.74) is 4.78. The van der Waals surface area contributed by atoms with E-state index < -0.39 is 0 Å². The Morgan fingerprint density at radius 2 is 1.90 bits per heavy atom. The maximum Gasteiger partial charge on any atom is 0.123 e. The van der Waals surface area contributed by atoms with Crippen LogP contribution >= 0.6 is 0 Å². The highest BCUT2D eigenvalue weighted by molar-refractivity contribution is 5.32. The van der Waals surface area contributed by atoms with Crippen molar-refractivity contribution in [3.05, 3.63) is 70.5 Å². The molecule has 0 bridgehead atoms. The van der Waals surface area contributed by atoms with Gasteiger partial charge >= 0.3 is 0 Å². The van der Waals surface area contributed by atoms with Gasteiger partial charge in [-0.3, -0.25) is 0 Å². The van der Waals surface area contributed by atoms with Crippen LogP contribution in [0.5, 0.6) is 0 Å². The van der Waals surface area contributed by atoms with E-state index in [0.29, 0.717) is 0 Å². The Morgan fingerprint density at radius 1 is 1.10 bits per heavy atom. The first kappa shape index (κ1) is 15.7. The first-order chi connectivity index (χ1) is 10.1. The van der Waals surface area contributed by atoms with Crippen molar-refractivity contribution in [1.29, 1.82) is 0 Å². The van der Waals surface area contributed by atoms with Gasteiger partial charge in [0.2, 0.25) is 0 Å². The third kappa shape index (κ3) is 4.40. The summed E-state index contributed by atoms with van der Waals surface area (Å²) in [6.07, 6.45) is 2.01. The number of hydrogen-bond donors (Lipinski definition) is 1. The van der Waals surface area contributed by atoms with Crippen LogP contribution in [0.25, 0.3) is 0 Å². The molecule has 0 saturated heterocycles. The second-order valence-electron chi connectivity index (χ2n) is 5.70. The Labute approximate surface area is 127 Å². The summed E-state index contributed by atoms with van der Waals surface area (Å²) in [6.45, 7) is 7.22. The van der Waals surface area contributed by atoms with Gasteiger partial charge in [-0.1, -0.05) is 42.8 Å². The fraction of sp³-hybridized carbons (Fsp3) is 0.368. The Hall–Kier alpha value is -1.67. The largest absolute Gasteiger partial charge is 0.310 e. The van der Waals surface area contributed by atoms with Gasteiger partial charge < -0.3 is 5.32 Å². The maximum absolute atomic E-state index is 13.3. The molecule has 0 amide bonds. The molecule has 2 rings (SSSR count). The third-order valence-electron chi connectivity index (χ3n) is 3.77. The number of halogens is 1. The molecule has 0 aliphatic rings. The summed E-state index contributed by atoms with van der Waals surface area (Å²) in [5, 5.41) is 3.59. The van der Waals surface area contributed by atoms with Crippen LogP contribution in [0.15, 0.2) is 42.5 Å². The van der Waals surface area contributed by atoms with E-state index in [4.69, 9.17) is 0 Å². The second kappa shape index (κ2) is 7.37. The molecule has 2 aromatic carbocycles. The van der Waals surface area contributed by atoms with Gasteiger partial charge in [0.15, 0.2) is 0 Å². The van der Waals surface area contributed by atoms with Crippen LogP contribution in [-0.2, 0) is 6.42 Å². The van der Waals surface area contributed by atoms with Crippen LogP contribution in [0.3, 0.4) is 0 Å². The van der Waals surface area contributed by atoms with Gasteiger partial charge in [-0.05, 0) is 62.1 Å². The molecule has 112 valence electrons. The fourth-order valence-corrected chi connectivity index (χ4v) is 2.72. The molecule has 0 aliphatic heterocycles. The summed E-state index contributed by atoms with van der Waals surface area (Å²) >= 11 is 0. The smallest absolute Gasteiger partial charge is 0.123 e. The lowest BCUT2D eigenvalue weighted by Gasteiger charge is -2.21. The highest BCUT2D eigenvalue weighted by atomic mass is 19.1. The summed E-state index contributed by atoms with van der Waals surface area (Å²) in [5.74, 6) is -0.166. The lowest BCUT2D eigenvalue weighted by Crippen LogP contribution is -2.25. The highest BCUT2D eigenvalue weighted by Gasteiger charge is 2.14. The number of hydrogen-bond acceptors (Lipinski definition) is 1. The predicted octanol–water partition coefficient (Wildman–Crippen LogP) is 4.73. The molecular weight excluding hydrogens is 261 g/mol. The summed E-state index contributed by atoms with van der Waals surface area (Å²) in [6, 6.07) is 13.9. The van der Waals surface area contributed by atoms with Crippen LogP contribution in [-0.4, -0.2) is 6.54 Å². The van der Waals surface area contributed by atoms with Crippen molar-refractivity contribution in [2.75, 3.05) is 6.54 Å². The molecule has 1 nitrogen and oxygen atoms in total. The molecule has 0 spiro atoms. The van der Waals surface area contributed by atoms with Crippen molar-refractivity contribution in [1.82, 2.24) is 5.32 Å². The van der Waals surface area contributed by atoms with E-state index in [1.165, 1.54) is 16.7 Å². The lowest BCUT2D eigenvalue weighted by molar-refractivity contribution is 0.525. The Kier molecular flexibility index (Phi) is 5.51. The van der Waals surface area contributed by atoms with E-state index in [1.807, 2.05) is 13.0 Å². The molecule has 1 N–H and O–H groups in total. The first-order valence-corrected chi connectivity index (χ1v) is 7.65. The predicted molar refractivity (Wildman–Crippen MR) is 87.1 cm³/mol. The van der Waals surface area contributed by atoms with Crippen LogP contribution in [0.2, 0.25) is 0 Å². The number of nitrogens with one attached hydrogen (secondary N) is 1. The summed E-state index contributed by atoms with van der Waals surface area (Å²) in [4.78, 5) is 0. The Morgan fingerprint density at radius 3 is 2.57 bits per heavy atom. The lowest BCUT2D eigenvalue weighted by atomic mass is 9.94. The zero-order valence-corrected chi connectivity index (χ0v) is 13.1. The monoisotopic (exact) mass is 285 g/mol. The maximum atomic E-state index is 13.3. The van der Waals surface area contributed by atoms with Crippen LogP contribution in [0.1, 0.15) is 41.6 Å². The number of aryl methyl sites for hydroxylation is 2. The molecule has 0 radical (unpaired) electrons. The third-order valence-corrected chi connectivity index (χ3v) is 3.77. The molecule has 1 atom stereocenters. The normalized spacial score (nSPS) is 12.4. The quantitative estimate of drug-likeness (QED) is 0.809. The molecular formula is C19H24FN. The van der Waals surface area contributed by atoms with Crippen molar-refractivity contribution >= 4 is 0 Å². The average molecular weight is 285 g/mol. The molecule has 0 saturated carbocycles. The zero-order chi connectivity index (χ0) is 15.2. The van der Waals surface area contributed by atoms with Crippen molar-refractivity contribution < 1.29 is 4.39 Å². The van der Waals surface area contributed by atoms with Gasteiger partial charge in [0.25, 0.3) is 0 Å². The standard InChI is InChI=1S/C19H24FN/c1-4-10-21-19(13-16-7-5-6-14(2)11-16)18-9-8-17(20)12-15(18)3/h5-9,11-12,19,21H,4,10,13H2,1-3H3. The van der Waals surface area contributed by atoms with Gasteiger partial charge in [-0.25, -0.2) is 4.39 Å². The van der Waals surface area contributed by atoms with Crippen LogP contribution in [0, 0.1) is 19.7 Å². The Bertz CT molecular complexity index is 592. The van der Waals surface area contributed by atoms with E-state index in [9.17, 15) is 4.39 Å². The molecule has 0 heterocycles. The van der Waals surface area contributed by atoms with E-state index >= 15 is 0 Å². The van der Waals surface area contributed by atoms with E-state index in [-0.39, 0.29) is 11.9 Å². The van der Waals surface area contributed by atoms with Gasteiger partial charge in [0.1, 0.15) is 5.82 Å². The average Bonchev–Trinajstić information content (AvgIpc) is 2.44. The first-order valence-electron chi connectivity index (χ1n) is 7.65. The van der Waals surface area contributed by atoms with Gasteiger partial charge in [-0.2, -0.15) is 0 Å². The van der Waals surface area contributed by atoms with Gasteiger partial charge in [-0.15, -0.1) is 0 Å². The van der Waals surface area contributed by atoms with Crippen molar-refractivity contribution in [3.63, 3.8) is 0 Å². The molecule has 2 heteroatoms. The zero-order valence-electron chi connectivity index (χ0n) is 13.1. The molecule has 0 fully saturated rings. The summed E-state index contributed by atoms with van der Waals surface area (Å²) < 4.78 is 13.3. The minimum Gasteiger partial charge on any atom is -0.310 e. The molecule has 1 unspecified atom stereocenters. The van der Waals surface area contributed by atoms with Crippen molar-refractivity contribution in [2.24, 2.45) is 0 Å². The number of benzene rings is 2. The van der Waals surface area contributed by atoms with Crippen molar-refractivity contribution in [3.8, 4) is 0 Å². The molecule has 0 aliphatic carbocycles. The van der Waals surface area contributed by atoms with Gasteiger partial charge in [0, 0.05) is 6.04 Å². The number of rotatable bonds is 6. The Balaban J connectivity index is 2.25. The topological polar surface area (TPSA) is 12.0 Å². The van der Waals surface area contributed by atoms with Crippen LogP contribution < -0.4 is 5.32 Å². The van der Waals surface area contributed by atoms with E-state index in [2.05, 4.69) is 43.4 Å². The SMILES string of the molecule is CCCNC(Cc1cccc(C)c1)c1ccc(F)cc1C. The highest BCUT2D eigenvalue weighted by Crippen LogP contribution is 2.23. The minimum absolute atomic E-state index is 0.166. The van der Waals surface area contributed by atoms with Crippen LogP contribution in [0.4, 0.5) is 4.39 Å². The van der Waals surface area contributed by atoms with E-state index in [1.54, 1.807) is 12.1 Å². The summed E-state index contributed by atoms with van der Waals surface area (Å²) in [7, 11) is 0. The molecule has 21 heavy (non-hydrogen) atoms. The fourth-order valence-electron chi connectivity index (χ4n) is 2.72. The minimum atomic E-state index is -0.166. The van der Waals surface area contributed by atoms with Gasteiger partial charge in [0.05, 0.1) is 0 Å². The second-order valence-corrected chi connectivity index (χ2v) is 5.70. The van der Waals surface area contributed by atoms with Crippen molar-refractivity contribution in [2.45, 2.75) is 39.7 Å².